The molecule has 1 fully saturated rings. The van der Waals surface area contributed by atoms with E-state index in [4.69, 9.17) is 11.6 Å². The van der Waals surface area contributed by atoms with E-state index < -0.39 is 0 Å². The average Bonchev–Trinajstić information content (AvgIpc) is 2.19. The zero-order chi connectivity index (χ0) is 11.8. The lowest BCUT2D eigenvalue weighted by Crippen LogP contribution is -2.50. The molecule has 0 spiro atoms. The number of halogens is 2. The van der Waals surface area contributed by atoms with Crippen molar-refractivity contribution in [1.82, 2.24) is 5.32 Å². The molecule has 0 atom stereocenters. The van der Waals surface area contributed by atoms with Crippen LogP contribution in [0.4, 0.5) is 0 Å². The molecule has 1 aliphatic carbocycles. The number of rotatable bonds is 2. The summed E-state index contributed by atoms with van der Waals surface area (Å²) in [6.45, 7) is 2.09. The van der Waals surface area contributed by atoms with Crippen LogP contribution in [0.25, 0.3) is 0 Å². The van der Waals surface area contributed by atoms with Crippen molar-refractivity contribution in [3.05, 3.63) is 32.4 Å². The zero-order valence-corrected chi connectivity index (χ0v) is 11.9. The largest absolute Gasteiger partial charge is 0.347 e. The van der Waals surface area contributed by atoms with Gasteiger partial charge in [-0.25, -0.2) is 0 Å². The molecular weight excluding hydrogens is 336 g/mol. The van der Waals surface area contributed by atoms with Crippen molar-refractivity contribution in [2.24, 2.45) is 0 Å². The highest BCUT2D eigenvalue weighted by molar-refractivity contribution is 14.1. The van der Waals surface area contributed by atoms with Gasteiger partial charge in [0.25, 0.3) is 5.91 Å². The Morgan fingerprint density at radius 2 is 2.19 bits per heavy atom. The molecule has 1 saturated carbocycles. The number of amides is 1. The van der Waals surface area contributed by atoms with Crippen LogP contribution in [0.2, 0.25) is 5.02 Å². The Morgan fingerprint density at radius 1 is 1.50 bits per heavy atom. The van der Waals surface area contributed by atoms with Gasteiger partial charge in [-0.2, -0.15) is 0 Å². The van der Waals surface area contributed by atoms with Gasteiger partial charge in [-0.1, -0.05) is 11.6 Å². The minimum atomic E-state index is -0.0273. The van der Waals surface area contributed by atoms with Crippen molar-refractivity contribution in [2.75, 3.05) is 0 Å². The van der Waals surface area contributed by atoms with Gasteiger partial charge < -0.3 is 5.32 Å². The highest BCUT2D eigenvalue weighted by Crippen LogP contribution is 2.31. The normalized spacial score (nSPS) is 17.7. The topological polar surface area (TPSA) is 29.1 Å². The van der Waals surface area contributed by atoms with E-state index in [9.17, 15) is 4.79 Å². The van der Waals surface area contributed by atoms with Gasteiger partial charge in [0.05, 0.1) is 5.02 Å². The SMILES string of the molecule is CC1(NC(=O)c2ccc(I)c(Cl)c2)CCC1. The second-order valence-electron chi connectivity index (χ2n) is 4.50. The lowest BCUT2D eigenvalue weighted by Gasteiger charge is -2.39. The number of hydrogen-bond donors (Lipinski definition) is 1. The fraction of sp³-hybridized carbons (Fsp3) is 0.417. The van der Waals surface area contributed by atoms with Crippen LogP contribution in [0.3, 0.4) is 0 Å². The van der Waals surface area contributed by atoms with E-state index in [1.165, 1.54) is 6.42 Å². The molecule has 1 aliphatic rings. The molecule has 86 valence electrons. The van der Waals surface area contributed by atoms with Crippen molar-refractivity contribution < 1.29 is 4.79 Å². The first kappa shape index (κ1) is 12.2. The van der Waals surface area contributed by atoms with Gasteiger partial charge in [-0.15, -0.1) is 0 Å². The van der Waals surface area contributed by atoms with Gasteiger partial charge in [0.2, 0.25) is 0 Å². The Bertz CT molecular complexity index is 429. The average molecular weight is 350 g/mol. The van der Waals surface area contributed by atoms with Crippen LogP contribution in [0.15, 0.2) is 18.2 Å². The van der Waals surface area contributed by atoms with Gasteiger partial charge >= 0.3 is 0 Å². The van der Waals surface area contributed by atoms with Gasteiger partial charge in [-0.05, 0) is 67.0 Å². The van der Waals surface area contributed by atoms with Crippen LogP contribution < -0.4 is 5.32 Å². The molecule has 2 nitrogen and oxygen atoms in total. The molecule has 0 radical (unpaired) electrons. The van der Waals surface area contributed by atoms with Gasteiger partial charge in [0.15, 0.2) is 0 Å². The zero-order valence-electron chi connectivity index (χ0n) is 9.02. The number of hydrogen-bond acceptors (Lipinski definition) is 1. The summed E-state index contributed by atoms with van der Waals surface area (Å²) >= 11 is 8.14. The van der Waals surface area contributed by atoms with E-state index in [2.05, 4.69) is 34.8 Å². The molecule has 0 unspecified atom stereocenters. The summed E-state index contributed by atoms with van der Waals surface area (Å²) in [6, 6.07) is 5.40. The lowest BCUT2D eigenvalue weighted by atomic mass is 9.78. The highest BCUT2D eigenvalue weighted by Gasteiger charge is 2.33. The lowest BCUT2D eigenvalue weighted by molar-refractivity contribution is 0.0850. The minimum Gasteiger partial charge on any atom is -0.347 e. The number of benzene rings is 1. The molecule has 0 heterocycles. The van der Waals surface area contributed by atoms with E-state index in [1.54, 1.807) is 6.07 Å². The van der Waals surface area contributed by atoms with E-state index in [0.717, 1.165) is 16.4 Å². The van der Waals surface area contributed by atoms with Crippen LogP contribution in [-0.4, -0.2) is 11.4 Å². The fourth-order valence-electron chi connectivity index (χ4n) is 1.82. The summed E-state index contributed by atoms with van der Waals surface area (Å²) < 4.78 is 0.964. The third-order valence-corrected chi connectivity index (χ3v) is 4.63. The summed E-state index contributed by atoms with van der Waals surface area (Å²) in [7, 11) is 0. The molecule has 1 N–H and O–H groups in total. The van der Waals surface area contributed by atoms with Crippen molar-refractivity contribution in [1.29, 1.82) is 0 Å². The molecule has 2 rings (SSSR count). The van der Waals surface area contributed by atoms with Crippen LogP contribution in [0.1, 0.15) is 36.5 Å². The molecule has 1 aromatic rings. The molecule has 1 aromatic carbocycles. The first-order chi connectivity index (χ1) is 7.50. The maximum absolute atomic E-state index is 11.9. The quantitative estimate of drug-likeness (QED) is 0.812. The Morgan fingerprint density at radius 3 is 2.69 bits per heavy atom. The first-order valence-electron chi connectivity index (χ1n) is 5.28. The van der Waals surface area contributed by atoms with E-state index in [0.29, 0.717) is 10.6 Å². The van der Waals surface area contributed by atoms with E-state index >= 15 is 0 Å². The number of nitrogens with one attached hydrogen (secondary N) is 1. The first-order valence-corrected chi connectivity index (χ1v) is 6.73. The molecular formula is C12H13ClINO. The maximum atomic E-state index is 11.9. The van der Waals surface area contributed by atoms with E-state index in [-0.39, 0.29) is 11.4 Å². The fourth-order valence-corrected chi connectivity index (χ4v) is 2.33. The van der Waals surface area contributed by atoms with E-state index in [1.807, 2.05) is 12.1 Å². The predicted molar refractivity (Wildman–Crippen MR) is 73.9 cm³/mol. The van der Waals surface area contributed by atoms with Crippen LogP contribution >= 0.6 is 34.2 Å². The molecule has 0 aliphatic heterocycles. The van der Waals surface area contributed by atoms with Crippen LogP contribution in [-0.2, 0) is 0 Å². The predicted octanol–water partition coefficient (Wildman–Crippen LogP) is 3.62. The maximum Gasteiger partial charge on any atom is 0.251 e. The van der Waals surface area contributed by atoms with Gasteiger partial charge in [0, 0.05) is 14.7 Å². The monoisotopic (exact) mass is 349 g/mol. The molecule has 16 heavy (non-hydrogen) atoms. The van der Waals surface area contributed by atoms with Crippen molar-refractivity contribution in [2.45, 2.75) is 31.7 Å². The molecule has 1 amide bonds. The van der Waals surface area contributed by atoms with Gasteiger partial charge in [-0.3, -0.25) is 4.79 Å². The second kappa shape index (κ2) is 4.53. The molecule has 0 bridgehead atoms. The van der Waals surface area contributed by atoms with Crippen LogP contribution in [0.5, 0.6) is 0 Å². The Hall–Kier alpha value is -0.290. The Labute approximate surface area is 114 Å². The van der Waals surface area contributed by atoms with Crippen LogP contribution in [0, 0.1) is 3.57 Å². The smallest absolute Gasteiger partial charge is 0.251 e. The minimum absolute atomic E-state index is 0.00739. The molecule has 4 heteroatoms. The Balaban J connectivity index is 2.11. The number of carbonyl (C=O) groups excluding carboxylic acids is 1. The summed E-state index contributed by atoms with van der Waals surface area (Å²) in [4.78, 5) is 11.9. The highest BCUT2D eigenvalue weighted by atomic mass is 127. The summed E-state index contributed by atoms with van der Waals surface area (Å²) in [5.74, 6) is -0.0273. The molecule has 0 aromatic heterocycles. The van der Waals surface area contributed by atoms with Crippen molar-refractivity contribution in [3.8, 4) is 0 Å². The van der Waals surface area contributed by atoms with Gasteiger partial charge in [0.1, 0.15) is 0 Å². The summed E-state index contributed by atoms with van der Waals surface area (Å²) in [5.41, 5.74) is 0.630. The summed E-state index contributed by atoms with van der Waals surface area (Å²) in [5, 5.41) is 3.69. The third kappa shape index (κ3) is 2.51. The Kier molecular flexibility index (Phi) is 3.45. The standard InChI is InChI=1S/C12H13ClINO/c1-12(5-2-6-12)15-11(16)8-3-4-10(14)9(13)7-8/h3-4,7H,2,5-6H2,1H3,(H,15,16). The molecule has 0 saturated heterocycles. The number of carbonyl (C=O) groups is 1. The summed E-state index contributed by atoms with van der Waals surface area (Å²) in [6.07, 6.45) is 3.33. The van der Waals surface area contributed by atoms with Crippen molar-refractivity contribution in [3.63, 3.8) is 0 Å². The third-order valence-electron chi connectivity index (χ3n) is 3.05. The second-order valence-corrected chi connectivity index (χ2v) is 6.07. The van der Waals surface area contributed by atoms with Crippen molar-refractivity contribution >= 4 is 40.1 Å².